The first-order valence-corrected chi connectivity index (χ1v) is 10.4. The summed E-state index contributed by atoms with van der Waals surface area (Å²) in [6.07, 6.45) is 11.1. The van der Waals surface area contributed by atoms with Crippen LogP contribution >= 0.6 is 8.51 Å². The fourth-order valence-corrected chi connectivity index (χ4v) is 2.64. The molecule has 0 unspecified atom stereocenters. The molecule has 0 radical (unpaired) electrons. The molecule has 0 spiro atoms. The zero-order chi connectivity index (χ0) is 17.5. The van der Waals surface area contributed by atoms with Crippen molar-refractivity contribution in [2.75, 3.05) is 26.2 Å². The molecule has 0 aliphatic rings. The Morgan fingerprint density at radius 1 is 0.545 bits per heavy atom. The summed E-state index contributed by atoms with van der Waals surface area (Å²) in [6.45, 7) is 15.0. The van der Waals surface area contributed by atoms with Crippen molar-refractivity contribution in [1.29, 1.82) is 0 Å². The van der Waals surface area contributed by atoms with Gasteiger partial charge in [-0.25, -0.2) is 0 Å². The van der Waals surface area contributed by atoms with Crippen LogP contribution in [0.15, 0.2) is 0 Å². The molecule has 139 valence electrons. The normalized spacial score (nSPS) is 12.7. The predicted octanol–water partition coefficient (Wildman–Crippen LogP) is 7.28. The van der Waals surface area contributed by atoms with Crippen LogP contribution < -0.4 is 0 Å². The van der Waals surface area contributed by atoms with Crippen molar-refractivity contribution in [2.24, 2.45) is 0 Å². The molecule has 0 amide bonds. The standard InChI is InChI=1S/C16H36N.F4HP/c1-5-9-13-17(14-10-6-2,15-11-7-3)16-12-8-4;1-5(2,3)4/h5-16H2,1-4H3;5H/q+1;-1. The molecule has 0 bridgehead atoms. The van der Waals surface area contributed by atoms with Crippen molar-refractivity contribution in [3.05, 3.63) is 0 Å². The summed E-state index contributed by atoms with van der Waals surface area (Å²) in [5.74, 6) is 0. The number of rotatable bonds is 12. The summed E-state index contributed by atoms with van der Waals surface area (Å²) in [7, 11) is -6.61. The van der Waals surface area contributed by atoms with Crippen LogP contribution in [0.1, 0.15) is 79.1 Å². The van der Waals surface area contributed by atoms with Gasteiger partial charge in [0.25, 0.3) is 0 Å². The SMILES string of the molecule is CCCC[N+](CCCC)(CCCC)CCCC.F[PH-](F)(F)F. The van der Waals surface area contributed by atoms with E-state index in [9.17, 15) is 16.8 Å². The minimum atomic E-state index is -6.61. The summed E-state index contributed by atoms with van der Waals surface area (Å²) in [5, 5.41) is 0. The Bertz CT molecular complexity index is 191. The molecule has 0 aromatic carbocycles. The number of halogens is 4. The topological polar surface area (TPSA) is 0 Å². The van der Waals surface area contributed by atoms with Gasteiger partial charge < -0.3 is 4.48 Å². The molecule has 22 heavy (non-hydrogen) atoms. The zero-order valence-corrected chi connectivity index (χ0v) is 15.9. The fraction of sp³-hybridized carbons (Fsp3) is 1.00. The summed E-state index contributed by atoms with van der Waals surface area (Å²) in [4.78, 5) is 0. The van der Waals surface area contributed by atoms with Crippen molar-refractivity contribution < 1.29 is 21.3 Å². The molecular formula is C16H37F4NP. The van der Waals surface area contributed by atoms with Crippen molar-refractivity contribution in [2.45, 2.75) is 79.1 Å². The van der Waals surface area contributed by atoms with Gasteiger partial charge in [0.2, 0.25) is 0 Å². The first kappa shape index (κ1) is 24.4. The summed E-state index contributed by atoms with van der Waals surface area (Å²) < 4.78 is 40.7. The van der Waals surface area contributed by atoms with E-state index in [-0.39, 0.29) is 0 Å². The van der Waals surface area contributed by atoms with E-state index in [0.717, 1.165) is 0 Å². The van der Waals surface area contributed by atoms with Gasteiger partial charge in [-0.3, -0.25) is 0 Å². The van der Waals surface area contributed by atoms with Crippen LogP contribution in [0.2, 0.25) is 0 Å². The van der Waals surface area contributed by atoms with Crippen LogP contribution in [-0.4, -0.2) is 30.7 Å². The average Bonchev–Trinajstić information content (AvgIpc) is 2.44. The maximum atomic E-state index is 9.83. The Balaban J connectivity index is 0. The first-order valence-electron chi connectivity index (χ1n) is 8.85. The van der Waals surface area contributed by atoms with Gasteiger partial charge in [0.05, 0.1) is 26.2 Å². The monoisotopic (exact) mass is 350 g/mol. The minimum absolute atomic E-state index is 1.35. The molecule has 0 aliphatic carbocycles. The molecule has 0 rings (SSSR count). The van der Waals surface area contributed by atoms with Crippen LogP contribution in [0.5, 0.6) is 0 Å². The van der Waals surface area contributed by atoms with Crippen molar-refractivity contribution in [3.8, 4) is 0 Å². The first-order chi connectivity index (χ1) is 10.2. The molecule has 0 N–H and O–H groups in total. The van der Waals surface area contributed by atoms with Gasteiger partial charge in [0, 0.05) is 0 Å². The second-order valence-electron chi connectivity index (χ2n) is 6.08. The van der Waals surface area contributed by atoms with Crippen molar-refractivity contribution >= 4 is 8.51 Å². The molecular weight excluding hydrogens is 313 g/mol. The van der Waals surface area contributed by atoms with Gasteiger partial charge in [0.1, 0.15) is 0 Å². The predicted molar refractivity (Wildman–Crippen MR) is 92.1 cm³/mol. The number of unbranched alkanes of at least 4 members (excludes halogenated alkanes) is 4. The summed E-state index contributed by atoms with van der Waals surface area (Å²) in [6, 6.07) is 0. The average molecular weight is 350 g/mol. The molecule has 0 saturated carbocycles. The van der Waals surface area contributed by atoms with E-state index in [1.54, 1.807) is 0 Å². The molecule has 0 atom stereocenters. The van der Waals surface area contributed by atoms with Crippen LogP contribution in [-0.2, 0) is 0 Å². The molecule has 0 aliphatic heterocycles. The second kappa shape index (κ2) is 14.7. The van der Waals surface area contributed by atoms with Gasteiger partial charge in [0.15, 0.2) is 0 Å². The zero-order valence-electron chi connectivity index (χ0n) is 14.9. The number of hydrogen-bond donors (Lipinski definition) is 0. The van der Waals surface area contributed by atoms with Gasteiger partial charge in [-0.15, -0.1) is 0 Å². The Labute approximate surface area is 135 Å². The third-order valence-corrected chi connectivity index (χ3v) is 3.94. The third kappa shape index (κ3) is 18.2. The van der Waals surface area contributed by atoms with E-state index in [4.69, 9.17) is 0 Å². The van der Waals surface area contributed by atoms with E-state index in [1.165, 1.54) is 82.0 Å². The van der Waals surface area contributed by atoms with Crippen LogP contribution in [0.3, 0.4) is 0 Å². The molecule has 6 heteroatoms. The van der Waals surface area contributed by atoms with Crippen molar-refractivity contribution in [3.63, 3.8) is 0 Å². The molecule has 0 saturated heterocycles. The van der Waals surface area contributed by atoms with Crippen LogP contribution in [0.25, 0.3) is 0 Å². The van der Waals surface area contributed by atoms with Crippen molar-refractivity contribution in [1.82, 2.24) is 0 Å². The third-order valence-electron chi connectivity index (χ3n) is 3.94. The number of quaternary nitrogens is 1. The van der Waals surface area contributed by atoms with E-state index in [0.29, 0.717) is 0 Å². The Morgan fingerprint density at radius 3 is 0.864 bits per heavy atom. The fourth-order valence-electron chi connectivity index (χ4n) is 2.64. The maximum absolute atomic E-state index is 9.83. The molecule has 1 nitrogen and oxygen atoms in total. The Hall–Kier alpha value is 0.110. The Morgan fingerprint density at radius 2 is 0.727 bits per heavy atom. The van der Waals surface area contributed by atoms with Crippen LogP contribution in [0, 0.1) is 0 Å². The van der Waals surface area contributed by atoms with Crippen LogP contribution in [0.4, 0.5) is 16.8 Å². The molecule has 0 aromatic rings. The van der Waals surface area contributed by atoms with Gasteiger partial charge in [-0.2, -0.15) is 0 Å². The van der Waals surface area contributed by atoms with Gasteiger partial charge in [-0.1, -0.05) is 53.4 Å². The molecule has 0 fully saturated rings. The van der Waals surface area contributed by atoms with Gasteiger partial charge in [-0.05, 0) is 25.7 Å². The van der Waals surface area contributed by atoms with E-state index < -0.39 is 8.51 Å². The molecule has 0 aromatic heterocycles. The number of nitrogens with zero attached hydrogens (tertiary/aromatic N) is 1. The summed E-state index contributed by atoms with van der Waals surface area (Å²) in [5.41, 5.74) is 0. The quantitative estimate of drug-likeness (QED) is 0.197. The number of hydrogen-bond acceptors (Lipinski definition) is 0. The second-order valence-corrected chi connectivity index (χ2v) is 6.94. The van der Waals surface area contributed by atoms with E-state index in [2.05, 4.69) is 27.7 Å². The molecule has 0 heterocycles. The Kier molecular flexibility index (Phi) is 16.3. The summed E-state index contributed by atoms with van der Waals surface area (Å²) >= 11 is 0. The van der Waals surface area contributed by atoms with E-state index >= 15 is 0 Å². The van der Waals surface area contributed by atoms with E-state index in [1.807, 2.05) is 0 Å². The van der Waals surface area contributed by atoms with Gasteiger partial charge >= 0.3 is 25.3 Å².